The van der Waals surface area contributed by atoms with Crippen molar-refractivity contribution in [3.05, 3.63) is 24.3 Å². The third kappa shape index (κ3) is 2.40. The van der Waals surface area contributed by atoms with Gasteiger partial charge in [0.1, 0.15) is 0 Å². The number of aliphatic hydroxyl groups is 2. The number of rotatable bonds is 5. The molecule has 0 saturated heterocycles. The first-order valence-electron chi connectivity index (χ1n) is 5.74. The number of aliphatic hydroxyl groups excluding tert-OH is 2. The van der Waals surface area contributed by atoms with Gasteiger partial charge in [-0.05, 0) is 19.1 Å². The van der Waals surface area contributed by atoms with E-state index in [1.54, 1.807) is 0 Å². The van der Waals surface area contributed by atoms with Gasteiger partial charge in [0, 0.05) is 6.54 Å². The van der Waals surface area contributed by atoms with Gasteiger partial charge < -0.3 is 20.1 Å². The minimum atomic E-state index is -0.773. The predicted octanol–water partition coefficient (Wildman–Crippen LogP) is 0.821. The highest BCUT2D eigenvalue weighted by atomic mass is 16.3. The molecule has 1 unspecified atom stereocenters. The highest BCUT2D eigenvalue weighted by Gasteiger charge is 2.12. The Bertz CT molecular complexity index is 495. The number of para-hydroxylation sites is 2. The van der Waals surface area contributed by atoms with E-state index >= 15 is 0 Å². The molecule has 0 bridgehead atoms. The fraction of sp³-hybridized carbons (Fsp3) is 0.417. The molecule has 1 aromatic carbocycles. The number of aromatic nitrogens is 2. The third-order valence-corrected chi connectivity index (χ3v) is 2.59. The summed E-state index contributed by atoms with van der Waals surface area (Å²) in [6, 6.07) is 7.74. The first-order valence-corrected chi connectivity index (χ1v) is 5.74. The smallest absolute Gasteiger partial charge is 0.203 e. The van der Waals surface area contributed by atoms with Crippen LogP contribution in [0, 0.1) is 0 Å². The molecule has 0 fully saturated rings. The van der Waals surface area contributed by atoms with Gasteiger partial charge >= 0.3 is 0 Å². The van der Waals surface area contributed by atoms with Crippen molar-refractivity contribution in [2.24, 2.45) is 0 Å². The largest absolute Gasteiger partial charge is 0.394 e. The minimum Gasteiger partial charge on any atom is -0.394 e. The van der Waals surface area contributed by atoms with E-state index in [2.05, 4.69) is 10.3 Å². The summed E-state index contributed by atoms with van der Waals surface area (Å²) in [4.78, 5) is 4.45. The van der Waals surface area contributed by atoms with Crippen molar-refractivity contribution in [1.82, 2.24) is 9.55 Å². The molecule has 5 nitrogen and oxygen atoms in total. The monoisotopic (exact) mass is 235 g/mol. The van der Waals surface area contributed by atoms with E-state index in [4.69, 9.17) is 5.11 Å². The van der Waals surface area contributed by atoms with Gasteiger partial charge in [-0.1, -0.05) is 12.1 Å². The van der Waals surface area contributed by atoms with Crippen LogP contribution in [0.15, 0.2) is 24.3 Å². The predicted molar refractivity (Wildman–Crippen MR) is 67.0 cm³/mol. The lowest BCUT2D eigenvalue weighted by molar-refractivity contribution is 0.0825. The molecule has 0 radical (unpaired) electrons. The van der Waals surface area contributed by atoms with E-state index in [1.165, 1.54) is 0 Å². The van der Waals surface area contributed by atoms with Gasteiger partial charge in [-0.3, -0.25) is 0 Å². The molecular formula is C12H17N3O2. The van der Waals surface area contributed by atoms with E-state index < -0.39 is 6.10 Å². The summed E-state index contributed by atoms with van der Waals surface area (Å²) in [7, 11) is 0. The summed E-state index contributed by atoms with van der Waals surface area (Å²) in [6.45, 7) is 2.84. The fourth-order valence-corrected chi connectivity index (χ4v) is 1.82. The number of nitrogens with zero attached hydrogens (tertiary/aromatic N) is 2. The number of anilines is 1. The number of benzene rings is 1. The number of nitrogens with one attached hydrogen (secondary N) is 1. The lowest BCUT2D eigenvalue weighted by atomic mass is 10.3. The first kappa shape index (κ1) is 11.9. The molecule has 1 aromatic heterocycles. The molecular weight excluding hydrogens is 218 g/mol. The van der Waals surface area contributed by atoms with Crippen LogP contribution in [0.4, 0.5) is 5.95 Å². The van der Waals surface area contributed by atoms with Crippen LogP contribution >= 0.6 is 0 Å². The van der Waals surface area contributed by atoms with Gasteiger partial charge in [-0.25, -0.2) is 4.98 Å². The Morgan fingerprint density at radius 2 is 2.18 bits per heavy atom. The Kier molecular flexibility index (Phi) is 3.61. The van der Waals surface area contributed by atoms with E-state index in [-0.39, 0.29) is 6.61 Å². The van der Waals surface area contributed by atoms with E-state index in [9.17, 15) is 5.11 Å². The van der Waals surface area contributed by atoms with Crippen molar-refractivity contribution in [2.75, 3.05) is 18.5 Å². The highest BCUT2D eigenvalue weighted by Crippen LogP contribution is 2.19. The van der Waals surface area contributed by atoms with E-state index in [0.29, 0.717) is 6.54 Å². The van der Waals surface area contributed by atoms with Gasteiger partial charge in [-0.2, -0.15) is 0 Å². The standard InChI is InChI=1S/C12H17N3O2/c1-2-13-12-14-10-5-3-4-6-11(10)15(12)7-9(17)8-16/h3-6,9,16-17H,2,7-8H2,1H3,(H,13,14). The SMILES string of the molecule is CCNc1nc2ccccc2n1CC(O)CO. The van der Waals surface area contributed by atoms with Gasteiger partial charge in [-0.15, -0.1) is 0 Å². The second-order valence-electron chi connectivity index (χ2n) is 3.90. The molecule has 0 aliphatic heterocycles. The number of imidazole rings is 1. The molecule has 0 aliphatic rings. The summed E-state index contributed by atoms with van der Waals surface area (Å²) >= 11 is 0. The fourth-order valence-electron chi connectivity index (χ4n) is 1.82. The molecule has 3 N–H and O–H groups in total. The van der Waals surface area contributed by atoms with Gasteiger partial charge in [0.15, 0.2) is 0 Å². The quantitative estimate of drug-likeness (QED) is 0.717. The zero-order valence-corrected chi connectivity index (χ0v) is 9.80. The number of hydrogen-bond acceptors (Lipinski definition) is 4. The van der Waals surface area contributed by atoms with Crippen molar-refractivity contribution in [3.8, 4) is 0 Å². The normalized spacial score (nSPS) is 12.9. The number of fused-ring (bicyclic) bond motifs is 1. The number of hydrogen-bond donors (Lipinski definition) is 3. The van der Waals surface area contributed by atoms with Crippen molar-refractivity contribution in [2.45, 2.75) is 19.6 Å². The molecule has 5 heteroatoms. The third-order valence-electron chi connectivity index (χ3n) is 2.59. The Morgan fingerprint density at radius 1 is 1.41 bits per heavy atom. The molecule has 92 valence electrons. The van der Waals surface area contributed by atoms with E-state index in [0.717, 1.165) is 23.5 Å². The lowest BCUT2D eigenvalue weighted by Crippen LogP contribution is -2.21. The maximum atomic E-state index is 9.56. The van der Waals surface area contributed by atoms with Crippen LogP contribution in [-0.4, -0.2) is 39.0 Å². The second kappa shape index (κ2) is 5.16. The average Bonchev–Trinajstić information content (AvgIpc) is 2.68. The Hall–Kier alpha value is -1.59. The van der Waals surface area contributed by atoms with E-state index in [1.807, 2.05) is 35.8 Å². The average molecular weight is 235 g/mol. The topological polar surface area (TPSA) is 70.3 Å². The van der Waals surface area contributed by atoms with Crippen LogP contribution in [0.1, 0.15) is 6.92 Å². The van der Waals surface area contributed by atoms with Gasteiger partial charge in [0.05, 0.1) is 30.3 Å². The summed E-state index contributed by atoms with van der Waals surface area (Å²) < 4.78 is 1.89. The summed E-state index contributed by atoms with van der Waals surface area (Å²) in [5.41, 5.74) is 1.84. The zero-order valence-electron chi connectivity index (χ0n) is 9.80. The Balaban J connectivity index is 2.44. The molecule has 2 rings (SSSR count). The molecule has 17 heavy (non-hydrogen) atoms. The van der Waals surface area contributed by atoms with Crippen LogP contribution < -0.4 is 5.32 Å². The van der Waals surface area contributed by atoms with Gasteiger partial charge in [0.25, 0.3) is 0 Å². The van der Waals surface area contributed by atoms with Crippen molar-refractivity contribution in [3.63, 3.8) is 0 Å². The van der Waals surface area contributed by atoms with Gasteiger partial charge in [0.2, 0.25) is 5.95 Å². The molecule has 0 amide bonds. The maximum absolute atomic E-state index is 9.56. The Labute approximate surface area is 99.7 Å². The molecule has 0 aliphatic carbocycles. The van der Waals surface area contributed by atoms with Crippen LogP contribution in [0.25, 0.3) is 11.0 Å². The highest BCUT2D eigenvalue weighted by molar-refractivity contribution is 5.78. The minimum absolute atomic E-state index is 0.252. The van der Waals surface area contributed by atoms with Crippen LogP contribution in [0.2, 0.25) is 0 Å². The summed E-state index contributed by atoms with van der Waals surface area (Å²) in [5, 5.41) is 21.6. The van der Waals surface area contributed by atoms with Crippen LogP contribution in [-0.2, 0) is 6.54 Å². The molecule has 1 atom stereocenters. The molecule has 0 spiro atoms. The van der Waals surface area contributed by atoms with Crippen molar-refractivity contribution < 1.29 is 10.2 Å². The van der Waals surface area contributed by atoms with Crippen LogP contribution in [0.5, 0.6) is 0 Å². The second-order valence-corrected chi connectivity index (χ2v) is 3.90. The Morgan fingerprint density at radius 3 is 2.88 bits per heavy atom. The maximum Gasteiger partial charge on any atom is 0.203 e. The zero-order chi connectivity index (χ0) is 12.3. The molecule has 1 heterocycles. The molecule has 0 saturated carbocycles. The summed E-state index contributed by atoms with van der Waals surface area (Å²) in [5.74, 6) is 0.723. The summed E-state index contributed by atoms with van der Waals surface area (Å²) in [6.07, 6.45) is -0.773. The van der Waals surface area contributed by atoms with Crippen molar-refractivity contribution >= 4 is 17.0 Å². The first-order chi connectivity index (χ1) is 8.26. The van der Waals surface area contributed by atoms with Crippen LogP contribution in [0.3, 0.4) is 0 Å². The molecule has 2 aromatic rings. The van der Waals surface area contributed by atoms with Crippen molar-refractivity contribution in [1.29, 1.82) is 0 Å². The lowest BCUT2D eigenvalue weighted by Gasteiger charge is -2.12.